The van der Waals surface area contributed by atoms with Crippen LogP contribution in [0.4, 0.5) is 0 Å². The zero-order valence-corrected chi connectivity index (χ0v) is 10.7. The zero-order valence-electron chi connectivity index (χ0n) is 10.7. The van der Waals surface area contributed by atoms with E-state index in [9.17, 15) is 0 Å². The monoisotopic (exact) mass is 245 g/mol. The van der Waals surface area contributed by atoms with Gasteiger partial charge in [-0.15, -0.1) is 18.2 Å². The van der Waals surface area contributed by atoms with Crippen LogP contribution in [-0.2, 0) is 0 Å². The van der Waals surface area contributed by atoms with E-state index in [0.29, 0.717) is 0 Å². The van der Waals surface area contributed by atoms with Crippen LogP contribution in [0.5, 0.6) is 0 Å². The van der Waals surface area contributed by atoms with E-state index in [1.807, 2.05) is 41.0 Å². The molecule has 0 bridgehead atoms. The topological polar surface area (TPSA) is 3.01 Å². The van der Waals surface area contributed by atoms with Crippen molar-refractivity contribution in [2.45, 2.75) is 0 Å². The SMILES string of the molecule is C=[N+]1C(c2ccccc2)=CC=C[C-]1c1ccccc1. The van der Waals surface area contributed by atoms with Gasteiger partial charge in [-0.05, 0) is 17.7 Å². The molecule has 0 radical (unpaired) electrons. The summed E-state index contributed by atoms with van der Waals surface area (Å²) < 4.78 is 1.99. The van der Waals surface area contributed by atoms with Crippen molar-refractivity contribution in [2.75, 3.05) is 0 Å². The van der Waals surface area contributed by atoms with Crippen LogP contribution in [0, 0.1) is 6.04 Å². The van der Waals surface area contributed by atoms with E-state index in [0.717, 1.165) is 11.7 Å². The fourth-order valence-electron chi connectivity index (χ4n) is 2.26. The maximum atomic E-state index is 4.19. The molecule has 92 valence electrons. The second-order valence-corrected chi connectivity index (χ2v) is 4.46. The average molecular weight is 245 g/mol. The van der Waals surface area contributed by atoms with Crippen molar-refractivity contribution >= 4 is 12.4 Å². The molecule has 0 fully saturated rings. The number of benzene rings is 2. The minimum absolute atomic E-state index is 1.11. The summed E-state index contributed by atoms with van der Waals surface area (Å²) in [6.07, 6.45) is 6.26. The molecule has 1 aliphatic rings. The number of allylic oxidation sites excluding steroid dienone is 2. The van der Waals surface area contributed by atoms with Gasteiger partial charge >= 0.3 is 0 Å². The van der Waals surface area contributed by atoms with Gasteiger partial charge in [0.15, 0.2) is 5.70 Å². The number of hydrogen-bond acceptors (Lipinski definition) is 0. The molecule has 0 saturated carbocycles. The maximum absolute atomic E-state index is 4.19. The number of rotatable bonds is 2. The quantitative estimate of drug-likeness (QED) is 0.558. The molecule has 0 N–H and O–H groups in total. The Morgan fingerprint density at radius 1 is 0.842 bits per heavy atom. The smallest absolute Gasteiger partial charge is 0.159 e. The molecule has 1 aliphatic heterocycles. The Morgan fingerprint density at radius 2 is 1.47 bits per heavy atom. The molecule has 0 aliphatic carbocycles. The highest BCUT2D eigenvalue weighted by atomic mass is 15.0. The molecule has 1 nitrogen and oxygen atoms in total. The van der Waals surface area contributed by atoms with Crippen molar-refractivity contribution < 1.29 is 4.58 Å². The lowest BCUT2D eigenvalue weighted by molar-refractivity contribution is -0.391. The Hall–Kier alpha value is -2.54. The van der Waals surface area contributed by atoms with Crippen molar-refractivity contribution in [3.8, 4) is 0 Å². The van der Waals surface area contributed by atoms with Gasteiger partial charge in [0.1, 0.15) is 6.04 Å². The Kier molecular flexibility index (Phi) is 3.03. The molecular weight excluding hydrogens is 230 g/mol. The lowest BCUT2D eigenvalue weighted by Gasteiger charge is -2.21. The first kappa shape index (κ1) is 11.5. The van der Waals surface area contributed by atoms with Crippen molar-refractivity contribution in [3.05, 3.63) is 96.1 Å². The third kappa shape index (κ3) is 2.23. The van der Waals surface area contributed by atoms with Gasteiger partial charge in [-0.25, -0.2) is 4.58 Å². The van der Waals surface area contributed by atoms with Gasteiger partial charge in [0.05, 0.1) is 6.72 Å². The normalized spacial score (nSPS) is 14.4. The van der Waals surface area contributed by atoms with Crippen LogP contribution < -0.4 is 0 Å². The van der Waals surface area contributed by atoms with Gasteiger partial charge in [0.25, 0.3) is 0 Å². The molecule has 2 aromatic carbocycles. The molecule has 3 rings (SSSR count). The highest BCUT2D eigenvalue weighted by molar-refractivity contribution is 5.64. The summed E-state index contributed by atoms with van der Waals surface area (Å²) in [4.78, 5) is 0. The predicted octanol–water partition coefficient (Wildman–Crippen LogP) is 3.89. The lowest BCUT2D eigenvalue weighted by Crippen LogP contribution is -2.17. The van der Waals surface area contributed by atoms with Crippen LogP contribution in [0.3, 0.4) is 0 Å². The molecule has 0 aromatic heterocycles. The Morgan fingerprint density at radius 3 is 2.16 bits per heavy atom. The number of hydrogen-bond donors (Lipinski definition) is 0. The summed E-state index contributed by atoms with van der Waals surface area (Å²) in [7, 11) is 0. The highest BCUT2D eigenvalue weighted by Crippen LogP contribution is 2.28. The summed E-state index contributed by atoms with van der Waals surface area (Å²) in [6.45, 7) is 4.19. The van der Waals surface area contributed by atoms with Crippen LogP contribution in [0.2, 0.25) is 0 Å². The van der Waals surface area contributed by atoms with Gasteiger partial charge in [-0.1, -0.05) is 48.5 Å². The van der Waals surface area contributed by atoms with Crippen LogP contribution in [-0.4, -0.2) is 11.3 Å². The lowest BCUT2D eigenvalue weighted by atomic mass is 10.0. The molecule has 0 saturated heterocycles. The van der Waals surface area contributed by atoms with Gasteiger partial charge in [-0.3, -0.25) is 0 Å². The predicted molar refractivity (Wildman–Crippen MR) is 79.7 cm³/mol. The number of nitrogens with zero attached hydrogens (tertiary/aromatic N) is 1. The Labute approximate surface area is 113 Å². The molecule has 2 aromatic rings. The van der Waals surface area contributed by atoms with Gasteiger partial charge in [0.2, 0.25) is 0 Å². The van der Waals surface area contributed by atoms with E-state index in [2.05, 4.69) is 49.2 Å². The molecule has 0 unspecified atom stereocenters. The summed E-state index contributed by atoms with van der Waals surface area (Å²) in [5.74, 6) is 0. The minimum Gasteiger partial charge on any atom is -0.248 e. The molecule has 0 atom stereocenters. The largest absolute Gasteiger partial charge is 0.248 e. The second kappa shape index (κ2) is 4.99. The Balaban J connectivity index is 1.97. The first-order valence-corrected chi connectivity index (χ1v) is 6.33. The van der Waals surface area contributed by atoms with Crippen LogP contribution in [0.25, 0.3) is 5.70 Å². The molecular formula is C18H15N. The molecule has 1 heteroatoms. The first-order chi connectivity index (χ1) is 9.36. The van der Waals surface area contributed by atoms with E-state index in [1.54, 1.807) is 0 Å². The van der Waals surface area contributed by atoms with E-state index in [1.165, 1.54) is 11.1 Å². The van der Waals surface area contributed by atoms with Gasteiger partial charge < -0.3 is 0 Å². The van der Waals surface area contributed by atoms with Crippen LogP contribution in [0.15, 0.2) is 78.9 Å². The molecule has 0 spiro atoms. The highest BCUT2D eigenvalue weighted by Gasteiger charge is 2.20. The fourth-order valence-corrected chi connectivity index (χ4v) is 2.26. The van der Waals surface area contributed by atoms with Crippen molar-refractivity contribution in [2.24, 2.45) is 0 Å². The minimum atomic E-state index is 1.11. The maximum Gasteiger partial charge on any atom is 0.159 e. The summed E-state index contributed by atoms with van der Waals surface area (Å²) >= 11 is 0. The average Bonchev–Trinajstić information content (AvgIpc) is 2.49. The fraction of sp³-hybridized carbons (Fsp3) is 0. The van der Waals surface area contributed by atoms with Crippen molar-refractivity contribution in [1.29, 1.82) is 0 Å². The third-order valence-corrected chi connectivity index (χ3v) is 3.23. The summed E-state index contributed by atoms with van der Waals surface area (Å²) in [5.41, 5.74) is 3.47. The third-order valence-electron chi connectivity index (χ3n) is 3.23. The van der Waals surface area contributed by atoms with E-state index in [4.69, 9.17) is 0 Å². The summed E-state index contributed by atoms with van der Waals surface area (Å²) in [6, 6.07) is 21.8. The van der Waals surface area contributed by atoms with Crippen LogP contribution >= 0.6 is 0 Å². The van der Waals surface area contributed by atoms with E-state index >= 15 is 0 Å². The molecule has 0 amide bonds. The zero-order chi connectivity index (χ0) is 13.1. The van der Waals surface area contributed by atoms with Gasteiger partial charge in [-0.2, -0.15) is 0 Å². The molecule has 19 heavy (non-hydrogen) atoms. The Bertz CT molecular complexity index is 636. The van der Waals surface area contributed by atoms with Crippen LogP contribution in [0.1, 0.15) is 11.1 Å². The first-order valence-electron chi connectivity index (χ1n) is 6.33. The molecule has 1 heterocycles. The summed E-state index contributed by atoms with van der Waals surface area (Å²) in [5, 5.41) is 0. The van der Waals surface area contributed by atoms with E-state index in [-0.39, 0.29) is 0 Å². The standard InChI is InChI=1S/C18H15N/c1-19-17(15-9-4-2-5-10-15)13-8-14-18(19)16-11-6-3-7-12-16/h2-14H,1H2. The van der Waals surface area contributed by atoms with Gasteiger partial charge in [0, 0.05) is 5.56 Å². The van der Waals surface area contributed by atoms with E-state index < -0.39 is 0 Å². The second-order valence-electron chi connectivity index (χ2n) is 4.46. The van der Waals surface area contributed by atoms with Crippen molar-refractivity contribution in [3.63, 3.8) is 0 Å². The van der Waals surface area contributed by atoms with Crippen molar-refractivity contribution in [1.82, 2.24) is 0 Å².